The van der Waals surface area contributed by atoms with Gasteiger partial charge < -0.3 is 0 Å². The second-order valence-electron chi connectivity index (χ2n) is 4.44. The Morgan fingerprint density at radius 2 is 2.00 bits per heavy atom. The maximum absolute atomic E-state index is 3.73. The van der Waals surface area contributed by atoms with Crippen molar-refractivity contribution < 1.29 is 0 Å². The molecule has 0 spiro atoms. The van der Waals surface area contributed by atoms with Crippen LogP contribution in [-0.2, 0) is 0 Å². The van der Waals surface area contributed by atoms with E-state index in [4.69, 9.17) is 0 Å². The van der Waals surface area contributed by atoms with E-state index in [-0.39, 0.29) is 0 Å². The first-order valence-electron chi connectivity index (χ1n) is 4.69. The maximum atomic E-state index is 3.73. The first-order chi connectivity index (χ1) is 5.52. The zero-order valence-corrected chi connectivity index (χ0v) is 10.2. The smallest absolute Gasteiger partial charge is 0.00646 e. The van der Waals surface area contributed by atoms with E-state index < -0.39 is 0 Å². The summed E-state index contributed by atoms with van der Waals surface area (Å²) in [6.07, 6.45) is 5.74. The minimum absolute atomic E-state index is 0.435. The molecule has 0 rings (SSSR count). The number of rotatable bonds is 5. The molecule has 0 radical (unpaired) electrons. The highest BCUT2D eigenvalue weighted by atomic mass is 79.9. The van der Waals surface area contributed by atoms with Crippen LogP contribution in [0.2, 0.25) is 0 Å². The lowest BCUT2D eigenvalue weighted by Gasteiger charge is -2.29. The third kappa shape index (κ3) is 4.97. The summed E-state index contributed by atoms with van der Waals surface area (Å²) in [5.41, 5.74) is 0.435. The summed E-state index contributed by atoms with van der Waals surface area (Å²) in [4.78, 5) is 0. The predicted molar refractivity (Wildman–Crippen MR) is 60.8 cm³/mol. The third-order valence-electron chi connectivity index (χ3n) is 2.37. The lowest BCUT2D eigenvalue weighted by atomic mass is 9.79. The van der Waals surface area contributed by atoms with Gasteiger partial charge in [-0.3, -0.25) is 0 Å². The Hall–Kier alpha value is 0.220. The lowest BCUT2D eigenvalue weighted by Crippen LogP contribution is -2.21. The zero-order chi connectivity index (χ0) is 9.61. The molecule has 0 fully saturated rings. The van der Waals surface area contributed by atoms with E-state index in [9.17, 15) is 0 Å². The van der Waals surface area contributed by atoms with Gasteiger partial charge in [-0.05, 0) is 30.6 Å². The quantitative estimate of drug-likeness (QED) is 0.375. The highest BCUT2D eigenvalue weighted by Crippen LogP contribution is 2.31. The molecular formula is C11H21Br. The van der Waals surface area contributed by atoms with Crippen molar-refractivity contribution in [1.82, 2.24) is 0 Å². The molecular weight excluding hydrogens is 212 g/mol. The highest BCUT2D eigenvalue weighted by molar-refractivity contribution is 9.09. The first kappa shape index (κ1) is 12.2. The van der Waals surface area contributed by atoms with E-state index in [2.05, 4.69) is 43.3 Å². The van der Waals surface area contributed by atoms with Crippen LogP contribution < -0.4 is 0 Å². The van der Waals surface area contributed by atoms with Crippen LogP contribution in [0.1, 0.15) is 40.0 Å². The average molecular weight is 233 g/mol. The molecule has 72 valence electrons. The van der Waals surface area contributed by atoms with Crippen molar-refractivity contribution in [3.63, 3.8) is 0 Å². The lowest BCUT2D eigenvalue weighted by molar-refractivity contribution is 0.250. The molecule has 0 N–H and O–H groups in total. The van der Waals surface area contributed by atoms with Gasteiger partial charge in [-0.2, -0.15) is 0 Å². The fourth-order valence-electron chi connectivity index (χ4n) is 1.25. The van der Waals surface area contributed by atoms with E-state index in [1.54, 1.807) is 0 Å². The second-order valence-corrected chi connectivity index (χ2v) is 5.08. The van der Waals surface area contributed by atoms with E-state index in [1.807, 2.05) is 6.08 Å². The van der Waals surface area contributed by atoms with E-state index >= 15 is 0 Å². The summed E-state index contributed by atoms with van der Waals surface area (Å²) >= 11 is 3.58. The van der Waals surface area contributed by atoms with E-state index in [0.717, 1.165) is 17.7 Å². The second kappa shape index (κ2) is 5.80. The SMILES string of the molecule is C=CCCCC(CBr)C(C)(C)C. The van der Waals surface area contributed by atoms with Crippen LogP contribution in [-0.4, -0.2) is 5.33 Å². The number of hydrogen-bond donors (Lipinski definition) is 0. The number of unbranched alkanes of at least 4 members (excludes halogenated alkanes) is 1. The summed E-state index contributed by atoms with van der Waals surface area (Å²) in [7, 11) is 0. The molecule has 0 amide bonds. The van der Waals surface area contributed by atoms with Crippen molar-refractivity contribution in [3.05, 3.63) is 12.7 Å². The van der Waals surface area contributed by atoms with Crippen molar-refractivity contribution >= 4 is 15.9 Å². The molecule has 0 saturated carbocycles. The zero-order valence-electron chi connectivity index (χ0n) is 8.57. The van der Waals surface area contributed by atoms with Crippen LogP contribution in [0.4, 0.5) is 0 Å². The van der Waals surface area contributed by atoms with Crippen molar-refractivity contribution in [1.29, 1.82) is 0 Å². The number of allylic oxidation sites excluding steroid dienone is 1. The molecule has 0 aliphatic rings. The van der Waals surface area contributed by atoms with Crippen LogP contribution in [0, 0.1) is 11.3 Å². The van der Waals surface area contributed by atoms with E-state index in [1.165, 1.54) is 12.8 Å². The summed E-state index contributed by atoms with van der Waals surface area (Å²) in [5.74, 6) is 0.789. The van der Waals surface area contributed by atoms with Crippen molar-refractivity contribution in [3.8, 4) is 0 Å². The van der Waals surface area contributed by atoms with Gasteiger partial charge in [0.25, 0.3) is 0 Å². The first-order valence-corrected chi connectivity index (χ1v) is 5.81. The van der Waals surface area contributed by atoms with E-state index in [0.29, 0.717) is 5.41 Å². The van der Waals surface area contributed by atoms with Gasteiger partial charge in [-0.25, -0.2) is 0 Å². The highest BCUT2D eigenvalue weighted by Gasteiger charge is 2.22. The van der Waals surface area contributed by atoms with Crippen molar-refractivity contribution in [2.75, 3.05) is 5.33 Å². The Bertz CT molecular complexity index is 121. The molecule has 0 bridgehead atoms. The molecule has 0 aliphatic heterocycles. The predicted octanol–water partition coefficient (Wildman–Crippen LogP) is 4.40. The molecule has 0 aromatic heterocycles. The molecule has 1 atom stereocenters. The minimum Gasteiger partial charge on any atom is -0.103 e. The Balaban J connectivity index is 3.75. The van der Waals surface area contributed by atoms with Crippen LogP contribution in [0.15, 0.2) is 12.7 Å². The molecule has 1 unspecified atom stereocenters. The fraction of sp³-hybridized carbons (Fsp3) is 0.818. The van der Waals surface area contributed by atoms with Crippen LogP contribution in [0.3, 0.4) is 0 Å². The molecule has 0 aliphatic carbocycles. The van der Waals surface area contributed by atoms with Gasteiger partial charge in [0, 0.05) is 5.33 Å². The summed E-state index contributed by atoms with van der Waals surface area (Å²) in [5, 5.41) is 1.12. The molecule has 0 nitrogen and oxygen atoms in total. The Morgan fingerprint density at radius 3 is 2.33 bits per heavy atom. The Labute approximate surface area is 85.6 Å². The van der Waals surface area contributed by atoms with Gasteiger partial charge in [0.05, 0.1) is 0 Å². The molecule has 1 heteroatoms. The number of halogens is 1. The molecule has 0 aromatic carbocycles. The van der Waals surface area contributed by atoms with Crippen molar-refractivity contribution in [2.45, 2.75) is 40.0 Å². The average Bonchev–Trinajstić information content (AvgIpc) is 1.95. The normalized spacial score (nSPS) is 14.3. The maximum Gasteiger partial charge on any atom is 0.00646 e. The number of hydrogen-bond acceptors (Lipinski definition) is 0. The van der Waals surface area contributed by atoms with Crippen molar-refractivity contribution in [2.24, 2.45) is 11.3 Å². The topological polar surface area (TPSA) is 0 Å². The molecule has 0 heterocycles. The van der Waals surface area contributed by atoms with Gasteiger partial charge in [0.15, 0.2) is 0 Å². The standard InChI is InChI=1S/C11H21Br/c1-5-6-7-8-10(9-12)11(2,3)4/h5,10H,1,6-9H2,2-4H3. The summed E-state index contributed by atoms with van der Waals surface area (Å²) < 4.78 is 0. The monoisotopic (exact) mass is 232 g/mol. The Morgan fingerprint density at radius 1 is 1.42 bits per heavy atom. The summed E-state index contributed by atoms with van der Waals surface area (Å²) in [6.45, 7) is 10.7. The fourth-order valence-corrected chi connectivity index (χ4v) is 2.55. The van der Waals surface area contributed by atoms with Crippen LogP contribution in [0.25, 0.3) is 0 Å². The van der Waals surface area contributed by atoms with Crippen LogP contribution in [0.5, 0.6) is 0 Å². The largest absolute Gasteiger partial charge is 0.103 e. The van der Waals surface area contributed by atoms with Crippen LogP contribution >= 0.6 is 15.9 Å². The number of alkyl halides is 1. The van der Waals surface area contributed by atoms with Gasteiger partial charge >= 0.3 is 0 Å². The molecule has 0 aromatic rings. The Kier molecular flexibility index (Phi) is 5.90. The molecule has 12 heavy (non-hydrogen) atoms. The van der Waals surface area contributed by atoms with Gasteiger partial charge in [0.2, 0.25) is 0 Å². The van der Waals surface area contributed by atoms with Gasteiger partial charge in [-0.1, -0.05) is 42.8 Å². The summed E-state index contributed by atoms with van der Waals surface area (Å²) in [6, 6.07) is 0. The van der Waals surface area contributed by atoms with Gasteiger partial charge in [-0.15, -0.1) is 6.58 Å². The molecule has 0 saturated heterocycles. The third-order valence-corrected chi connectivity index (χ3v) is 3.15. The van der Waals surface area contributed by atoms with Gasteiger partial charge in [0.1, 0.15) is 0 Å². The minimum atomic E-state index is 0.435.